The molecule has 2 N–H and O–H groups in total. The van der Waals surface area contributed by atoms with Crippen molar-refractivity contribution in [1.29, 1.82) is 0 Å². The largest absolute Gasteiger partial charge is 0.382 e. The minimum absolute atomic E-state index is 0.203. The van der Waals surface area contributed by atoms with E-state index in [0.717, 1.165) is 5.92 Å². The minimum Gasteiger partial charge on any atom is -0.382 e. The van der Waals surface area contributed by atoms with Gasteiger partial charge >= 0.3 is 0 Å². The summed E-state index contributed by atoms with van der Waals surface area (Å²) in [5, 5.41) is 0. The number of nitrogens with two attached hydrogens (primary N) is 1. The monoisotopic (exact) mass is 401 g/mol. The first-order valence-corrected chi connectivity index (χ1v) is 10.5. The Balaban J connectivity index is 1.25. The molecule has 2 saturated heterocycles. The van der Waals surface area contributed by atoms with Crippen molar-refractivity contribution in [2.75, 3.05) is 12.3 Å². The smallest absolute Gasteiger partial charge is 0.167 e. The molecule has 0 radical (unpaired) electrons. The van der Waals surface area contributed by atoms with Crippen molar-refractivity contribution in [3.8, 4) is 0 Å². The van der Waals surface area contributed by atoms with Crippen LogP contribution in [0.5, 0.6) is 0 Å². The zero-order chi connectivity index (χ0) is 19.8. The van der Waals surface area contributed by atoms with E-state index < -0.39 is 12.0 Å². The predicted octanol–water partition coefficient (Wildman–Crippen LogP) is 2.03. The Kier molecular flexibility index (Phi) is 3.94. The summed E-state index contributed by atoms with van der Waals surface area (Å²) in [6.07, 6.45) is 7.55. The van der Waals surface area contributed by atoms with Crippen molar-refractivity contribution in [2.45, 2.75) is 76.0 Å². The van der Waals surface area contributed by atoms with E-state index in [1.807, 2.05) is 18.4 Å². The Morgan fingerprint density at radius 3 is 2.83 bits per heavy atom. The van der Waals surface area contributed by atoms with Crippen LogP contribution in [0.4, 0.5) is 5.82 Å². The van der Waals surface area contributed by atoms with Crippen molar-refractivity contribution < 1.29 is 18.9 Å². The molecule has 2 aromatic rings. The maximum absolute atomic E-state index is 6.40. The Hall–Kier alpha value is -1.81. The van der Waals surface area contributed by atoms with Gasteiger partial charge in [0, 0.05) is 0 Å². The summed E-state index contributed by atoms with van der Waals surface area (Å²) in [5.74, 6) is 1.24. The summed E-state index contributed by atoms with van der Waals surface area (Å²) >= 11 is 0. The van der Waals surface area contributed by atoms with Crippen molar-refractivity contribution in [1.82, 2.24) is 19.5 Å². The highest BCUT2D eigenvalue weighted by Gasteiger charge is 2.56. The van der Waals surface area contributed by atoms with E-state index in [4.69, 9.17) is 24.7 Å². The highest BCUT2D eigenvalue weighted by molar-refractivity contribution is 5.81. The maximum atomic E-state index is 6.40. The lowest BCUT2D eigenvalue weighted by atomic mass is 9.98. The molecule has 3 unspecified atom stereocenters. The first-order chi connectivity index (χ1) is 14.0. The fraction of sp³-hybridized carbons (Fsp3) is 0.750. The number of nitrogen functional groups attached to an aromatic ring is 1. The highest BCUT2D eigenvalue weighted by atomic mass is 16.8. The number of fused-ring (bicyclic) bond motifs is 4. The van der Waals surface area contributed by atoms with Gasteiger partial charge in [-0.3, -0.25) is 4.57 Å². The van der Waals surface area contributed by atoms with E-state index in [2.05, 4.69) is 15.0 Å². The van der Waals surface area contributed by atoms with Gasteiger partial charge in [-0.1, -0.05) is 0 Å². The number of ether oxygens (including phenoxy) is 4. The molecule has 7 atom stereocenters. The van der Waals surface area contributed by atoms with Crippen LogP contribution in [-0.2, 0) is 18.9 Å². The first kappa shape index (κ1) is 18.0. The summed E-state index contributed by atoms with van der Waals surface area (Å²) in [6, 6.07) is 0. The average molecular weight is 401 g/mol. The number of hydrogen-bond donors (Lipinski definition) is 1. The van der Waals surface area contributed by atoms with Crippen LogP contribution in [0.15, 0.2) is 12.7 Å². The lowest BCUT2D eigenvalue weighted by Crippen LogP contribution is -2.35. The van der Waals surface area contributed by atoms with Crippen molar-refractivity contribution in [2.24, 2.45) is 11.8 Å². The lowest BCUT2D eigenvalue weighted by molar-refractivity contribution is -0.204. The Morgan fingerprint density at radius 1 is 1.17 bits per heavy atom. The minimum atomic E-state index is -0.674. The summed E-state index contributed by atoms with van der Waals surface area (Å²) in [5.41, 5.74) is 7.14. The van der Waals surface area contributed by atoms with E-state index in [1.54, 1.807) is 6.33 Å². The van der Waals surface area contributed by atoms with Gasteiger partial charge in [-0.05, 0) is 51.4 Å². The molecule has 2 aliphatic heterocycles. The zero-order valence-electron chi connectivity index (χ0n) is 16.7. The van der Waals surface area contributed by atoms with Crippen LogP contribution in [0.1, 0.15) is 45.8 Å². The van der Waals surface area contributed by atoms with E-state index in [-0.39, 0.29) is 18.3 Å². The van der Waals surface area contributed by atoms with E-state index in [9.17, 15) is 0 Å². The molecule has 2 aromatic heterocycles. The van der Waals surface area contributed by atoms with Crippen molar-refractivity contribution >= 4 is 17.0 Å². The fourth-order valence-electron chi connectivity index (χ4n) is 5.68. The molecule has 29 heavy (non-hydrogen) atoms. The van der Waals surface area contributed by atoms with Gasteiger partial charge in [0.15, 0.2) is 23.5 Å². The van der Waals surface area contributed by atoms with Crippen LogP contribution >= 0.6 is 0 Å². The van der Waals surface area contributed by atoms with E-state index in [0.29, 0.717) is 35.6 Å². The molecule has 2 bridgehead atoms. The summed E-state index contributed by atoms with van der Waals surface area (Å²) in [6.45, 7) is 4.37. The van der Waals surface area contributed by atoms with Gasteiger partial charge in [0.25, 0.3) is 0 Å². The van der Waals surface area contributed by atoms with Crippen LogP contribution < -0.4 is 5.73 Å². The standard InChI is InChI=1S/C20H27N5O4/c1-20(2)28-15-13(7-26-12-6-10-3-4-11(12)5-10)27-19(16(15)29-20)25-9-24-14-17(21)22-8-23-18(14)25/h8-13,15-16,19H,3-7H2,1-2H3,(H2,21,22,23)/t10?,11?,12?,13-,15-,16-,19-/m1/s1. The molecule has 6 rings (SSSR count). The van der Waals surface area contributed by atoms with Gasteiger partial charge in [0.2, 0.25) is 0 Å². The van der Waals surface area contributed by atoms with E-state index >= 15 is 0 Å². The van der Waals surface area contributed by atoms with Gasteiger partial charge in [0.05, 0.1) is 19.0 Å². The molecule has 2 aliphatic carbocycles. The van der Waals surface area contributed by atoms with Gasteiger partial charge in [-0.15, -0.1) is 0 Å². The second kappa shape index (κ2) is 6.34. The van der Waals surface area contributed by atoms with Gasteiger partial charge in [0.1, 0.15) is 30.2 Å². The summed E-state index contributed by atoms with van der Waals surface area (Å²) < 4.78 is 27.0. The van der Waals surface area contributed by atoms with Gasteiger partial charge in [-0.2, -0.15) is 0 Å². The number of aromatic nitrogens is 4. The SMILES string of the molecule is CC1(C)O[C@@H]2[C@H](O1)[C@@H](COC1CC3CCC1C3)O[C@H]2n1cnc2c(N)ncnc21. The Bertz CT molecular complexity index is 933. The maximum Gasteiger partial charge on any atom is 0.167 e. The third-order valence-corrected chi connectivity index (χ3v) is 6.93. The molecule has 9 heteroatoms. The van der Waals surface area contributed by atoms with Gasteiger partial charge < -0.3 is 24.7 Å². The van der Waals surface area contributed by atoms with Crippen molar-refractivity contribution in [3.63, 3.8) is 0 Å². The predicted molar refractivity (Wildman–Crippen MR) is 103 cm³/mol. The zero-order valence-corrected chi connectivity index (χ0v) is 16.7. The molecule has 0 aromatic carbocycles. The van der Waals surface area contributed by atoms with Crippen LogP contribution in [0.3, 0.4) is 0 Å². The number of imidazole rings is 1. The second-order valence-corrected chi connectivity index (χ2v) is 9.26. The van der Waals surface area contributed by atoms with Gasteiger partial charge in [-0.25, -0.2) is 15.0 Å². The van der Waals surface area contributed by atoms with E-state index in [1.165, 1.54) is 32.0 Å². The molecule has 4 fully saturated rings. The molecule has 156 valence electrons. The number of nitrogens with zero attached hydrogens (tertiary/aromatic N) is 4. The quantitative estimate of drug-likeness (QED) is 0.829. The topological polar surface area (TPSA) is 107 Å². The van der Waals surface area contributed by atoms with Crippen LogP contribution in [0.25, 0.3) is 11.2 Å². The normalized spacial score (nSPS) is 40.1. The highest BCUT2D eigenvalue weighted by Crippen LogP contribution is 2.47. The molecule has 2 saturated carbocycles. The molecule has 4 aliphatic rings. The van der Waals surface area contributed by atoms with Crippen LogP contribution in [-0.4, -0.2) is 56.3 Å². The summed E-state index contributed by atoms with van der Waals surface area (Å²) in [7, 11) is 0. The van der Waals surface area contributed by atoms with Crippen LogP contribution in [0, 0.1) is 11.8 Å². The number of anilines is 1. The molecule has 4 heterocycles. The third kappa shape index (κ3) is 2.86. The lowest BCUT2D eigenvalue weighted by Gasteiger charge is -2.27. The number of hydrogen-bond acceptors (Lipinski definition) is 8. The first-order valence-electron chi connectivity index (χ1n) is 10.5. The fourth-order valence-corrected chi connectivity index (χ4v) is 5.68. The molecular weight excluding hydrogens is 374 g/mol. The summed E-state index contributed by atoms with van der Waals surface area (Å²) in [4.78, 5) is 12.8. The second-order valence-electron chi connectivity index (χ2n) is 9.26. The molecule has 0 amide bonds. The molecule has 0 spiro atoms. The van der Waals surface area contributed by atoms with Crippen LogP contribution in [0.2, 0.25) is 0 Å². The number of rotatable bonds is 4. The van der Waals surface area contributed by atoms with Crippen molar-refractivity contribution in [3.05, 3.63) is 12.7 Å². The average Bonchev–Trinajstić information content (AvgIpc) is 3.46. The Morgan fingerprint density at radius 2 is 2.03 bits per heavy atom. The molecule has 9 nitrogen and oxygen atoms in total. The third-order valence-electron chi connectivity index (χ3n) is 6.93. The molecular formula is C20H27N5O4. The Labute approximate surface area is 168 Å².